The number of nitrogens with zero attached hydrogens (tertiary/aromatic N) is 1. The maximum atomic E-state index is 13.2. The zero-order valence-corrected chi connectivity index (χ0v) is 12.0. The largest absolute Gasteiger partial charge is 0.418 e. The molecule has 20 heavy (non-hydrogen) atoms. The van der Waals surface area contributed by atoms with Crippen LogP contribution in [-0.2, 0) is 6.18 Å². The highest BCUT2D eigenvalue weighted by Gasteiger charge is 2.37. The lowest BCUT2D eigenvalue weighted by molar-refractivity contribution is -0.137. The summed E-state index contributed by atoms with van der Waals surface area (Å²) in [6, 6.07) is 6.13. The van der Waals surface area contributed by atoms with Gasteiger partial charge in [0.1, 0.15) is 0 Å². The van der Waals surface area contributed by atoms with E-state index in [9.17, 15) is 13.2 Å². The van der Waals surface area contributed by atoms with E-state index in [-0.39, 0.29) is 18.0 Å². The molecule has 1 aromatic carbocycles. The van der Waals surface area contributed by atoms with Crippen molar-refractivity contribution in [3.05, 3.63) is 29.8 Å². The van der Waals surface area contributed by atoms with Gasteiger partial charge in [-0.15, -0.1) is 0 Å². The molecule has 2 atom stereocenters. The molecule has 1 N–H and O–H groups in total. The topological polar surface area (TPSA) is 15.3 Å². The standard InChI is InChI=1S/C15H21F3N2/c1-10(2)14-8-19-11(3)9-20(14)13-7-5-4-6-12(13)15(16,17)18/h4-7,10-11,14,19H,8-9H2,1-3H3. The Labute approximate surface area is 118 Å². The van der Waals surface area contributed by atoms with Crippen molar-refractivity contribution >= 4 is 5.69 Å². The van der Waals surface area contributed by atoms with Crippen molar-refractivity contribution in [2.24, 2.45) is 5.92 Å². The number of anilines is 1. The molecule has 5 heteroatoms. The quantitative estimate of drug-likeness (QED) is 0.894. The number of hydrogen-bond acceptors (Lipinski definition) is 2. The van der Waals surface area contributed by atoms with Crippen LogP contribution in [-0.4, -0.2) is 25.2 Å². The molecule has 112 valence electrons. The van der Waals surface area contributed by atoms with Gasteiger partial charge in [-0.25, -0.2) is 0 Å². The van der Waals surface area contributed by atoms with Crippen LogP contribution in [0.1, 0.15) is 26.3 Å². The van der Waals surface area contributed by atoms with Gasteiger partial charge in [0.15, 0.2) is 0 Å². The van der Waals surface area contributed by atoms with Crippen molar-refractivity contribution in [2.45, 2.75) is 39.0 Å². The van der Waals surface area contributed by atoms with Crippen LogP contribution >= 0.6 is 0 Å². The van der Waals surface area contributed by atoms with E-state index in [0.717, 1.165) is 0 Å². The third-order valence-electron chi connectivity index (χ3n) is 3.83. The summed E-state index contributed by atoms with van der Waals surface area (Å²) in [5.41, 5.74) is -0.244. The minimum atomic E-state index is -4.31. The van der Waals surface area contributed by atoms with Crippen LogP contribution in [0.15, 0.2) is 24.3 Å². The van der Waals surface area contributed by atoms with Crippen molar-refractivity contribution in [1.29, 1.82) is 0 Å². The van der Waals surface area contributed by atoms with Crippen molar-refractivity contribution in [3.63, 3.8) is 0 Å². The van der Waals surface area contributed by atoms with Crippen LogP contribution in [0.2, 0.25) is 0 Å². The molecule has 1 aromatic rings. The Kier molecular flexibility index (Phi) is 4.28. The van der Waals surface area contributed by atoms with Crippen molar-refractivity contribution in [1.82, 2.24) is 5.32 Å². The first-order valence-electron chi connectivity index (χ1n) is 6.97. The molecule has 1 saturated heterocycles. The molecule has 2 nitrogen and oxygen atoms in total. The molecule has 0 saturated carbocycles. The van der Waals surface area contributed by atoms with Gasteiger partial charge in [-0.1, -0.05) is 26.0 Å². The lowest BCUT2D eigenvalue weighted by Gasteiger charge is -2.43. The van der Waals surface area contributed by atoms with Gasteiger partial charge in [-0.2, -0.15) is 13.2 Å². The highest BCUT2D eigenvalue weighted by atomic mass is 19.4. The molecule has 2 rings (SSSR count). The number of piperazine rings is 1. The molecule has 0 aliphatic carbocycles. The Balaban J connectivity index is 2.42. The van der Waals surface area contributed by atoms with Gasteiger partial charge in [0.05, 0.1) is 5.56 Å². The molecule has 1 aliphatic rings. The SMILES string of the molecule is CC1CN(c2ccccc2C(F)(F)F)C(C(C)C)CN1. The molecular weight excluding hydrogens is 265 g/mol. The molecule has 1 heterocycles. The number of rotatable bonds is 2. The second-order valence-electron chi connectivity index (χ2n) is 5.79. The van der Waals surface area contributed by atoms with E-state index < -0.39 is 11.7 Å². The summed E-state index contributed by atoms with van der Waals surface area (Å²) in [4.78, 5) is 1.91. The van der Waals surface area contributed by atoms with Crippen LogP contribution in [0.3, 0.4) is 0 Å². The van der Waals surface area contributed by atoms with Gasteiger partial charge in [-0.05, 0) is 25.0 Å². The molecule has 0 radical (unpaired) electrons. The average molecular weight is 286 g/mol. The number of hydrogen-bond donors (Lipinski definition) is 1. The Morgan fingerprint density at radius 3 is 2.50 bits per heavy atom. The summed E-state index contributed by atoms with van der Waals surface area (Å²) in [5, 5.41) is 3.35. The summed E-state index contributed by atoms with van der Waals surface area (Å²) in [6.07, 6.45) is -4.31. The molecule has 0 bridgehead atoms. The second kappa shape index (κ2) is 5.64. The summed E-state index contributed by atoms with van der Waals surface area (Å²) in [6.45, 7) is 7.40. The molecular formula is C15H21F3N2. The molecule has 0 aromatic heterocycles. The van der Waals surface area contributed by atoms with Gasteiger partial charge in [0.2, 0.25) is 0 Å². The van der Waals surface area contributed by atoms with E-state index in [4.69, 9.17) is 0 Å². The molecule has 0 amide bonds. The van der Waals surface area contributed by atoms with Crippen LogP contribution < -0.4 is 10.2 Å². The van der Waals surface area contributed by atoms with E-state index in [0.29, 0.717) is 18.8 Å². The monoisotopic (exact) mass is 286 g/mol. The molecule has 2 unspecified atom stereocenters. The molecule has 1 fully saturated rings. The third-order valence-corrected chi connectivity index (χ3v) is 3.83. The summed E-state index contributed by atoms with van der Waals surface area (Å²) < 4.78 is 39.6. The first-order valence-corrected chi connectivity index (χ1v) is 6.97. The lowest BCUT2D eigenvalue weighted by atomic mass is 9.96. The number of halogens is 3. The predicted octanol–water partition coefficient (Wildman–Crippen LogP) is 3.53. The van der Waals surface area contributed by atoms with Crippen molar-refractivity contribution < 1.29 is 13.2 Å². The van der Waals surface area contributed by atoms with E-state index in [1.807, 2.05) is 25.7 Å². The fraction of sp³-hybridized carbons (Fsp3) is 0.600. The van der Waals surface area contributed by atoms with E-state index in [2.05, 4.69) is 5.32 Å². The van der Waals surface area contributed by atoms with Gasteiger partial charge in [0, 0.05) is 30.9 Å². The van der Waals surface area contributed by atoms with E-state index in [1.165, 1.54) is 12.1 Å². The Morgan fingerprint density at radius 1 is 1.25 bits per heavy atom. The van der Waals surface area contributed by atoms with E-state index in [1.54, 1.807) is 12.1 Å². The summed E-state index contributed by atoms with van der Waals surface area (Å²) in [7, 11) is 0. The van der Waals surface area contributed by atoms with Crippen LogP contribution in [0, 0.1) is 5.92 Å². The molecule has 0 spiro atoms. The maximum Gasteiger partial charge on any atom is 0.418 e. The zero-order chi connectivity index (χ0) is 14.9. The minimum absolute atomic E-state index is 0.0784. The highest BCUT2D eigenvalue weighted by Crippen LogP contribution is 2.38. The van der Waals surface area contributed by atoms with Crippen LogP contribution in [0.5, 0.6) is 0 Å². The number of alkyl halides is 3. The number of nitrogens with one attached hydrogen (secondary N) is 1. The Hall–Kier alpha value is -1.23. The van der Waals surface area contributed by atoms with Gasteiger partial charge in [0.25, 0.3) is 0 Å². The normalized spacial score (nSPS) is 24.2. The van der Waals surface area contributed by atoms with Crippen molar-refractivity contribution in [2.75, 3.05) is 18.0 Å². The first-order chi connectivity index (χ1) is 9.30. The summed E-state index contributed by atoms with van der Waals surface area (Å²) in [5.74, 6) is 0.288. The third kappa shape index (κ3) is 3.08. The van der Waals surface area contributed by atoms with Crippen molar-refractivity contribution in [3.8, 4) is 0 Å². The van der Waals surface area contributed by atoms with Gasteiger partial charge >= 0.3 is 6.18 Å². The zero-order valence-electron chi connectivity index (χ0n) is 12.0. The number of para-hydroxylation sites is 1. The maximum absolute atomic E-state index is 13.2. The lowest BCUT2D eigenvalue weighted by Crippen LogP contribution is -2.58. The number of benzene rings is 1. The van der Waals surface area contributed by atoms with E-state index >= 15 is 0 Å². The van der Waals surface area contributed by atoms with Crippen LogP contribution in [0.25, 0.3) is 0 Å². The molecule has 1 aliphatic heterocycles. The second-order valence-corrected chi connectivity index (χ2v) is 5.79. The fourth-order valence-electron chi connectivity index (χ4n) is 2.76. The fourth-order valence-corrected chi connectivity index (χ4v) is 2.76. The van der Waals surface area contributed by atoms with Gasteiger partial charge in [-0.3, -0.25) is 0 Å². The Bertz CT molecular complexity index is 457. The minimum Gasteiger partial charge on any atom is -0.365 e. The highest BCUT2D eigenvalue weighted by molar-refractivity contribution is 5.56. The average Bonchev–Trinajstić information content (AvgIpc) is 2.37. The first kappa shape index (κ1) is 15.2. The van der Waals surface area contributed by atoms with Crippen LogP contribution in [0.4, 0.5) is 18.9 Å². The summed E-state index contributed by atoms with van der Waals surface area (Å²) >= 11 is 0. The smallest absolute Gasteiger partial charge is 0.365 e. The predicted molar refractivity (Wildman–Crippen MR) is 74.9 cm³/mol. The van der Waals surface area contributed by atoms with Gasteiger partial charge < -0.3 is 10.2 Å². The Morgan fingerprint density at radius 2 is 1.90 bits per heavy atom.